The molecule has 2 aromatic carbocycles. The van der Waals surface area contributed by atoms with Gasteiger partial charge in [0, 0.05) is 52.3 Å². The summed E-state index contributed by atoms with van der Waals surface area (Å²) in [6, 6.07) is 14.5. The maximum Gasteiger partial charge on any atom is 0.234 e. The Hall–Kier alpha value is -2.90. The number of hydrogen-bond donors (Lipinski definition) is 3. The van der Waals surface area contributed by atoms with Crippen LogP contribution in [0, 0.1) is 5.92 Å². The quantitative estimate of drug-likeness (QED) is 0.535. The number of thioether (sulfide) groups is 1. The number of carbonyl (C=O) groups is 2. The summed E-state index contributed by atoms with van der Waals surface area (Å²) in [6.07, 6.45) is 7.30. The van der Waals surface area contributed by atoms with Crippen molar-refractivity contribution < 1.29 is 9.59 Å². The van der Waals surface area contributed by atoms with Gasteiger partial charge in [-0.1, -0.05) is 18.2 Å². The molecule has 3 N–H and O–H groups in total. The van der Waals surface area contributed by atoms with Crippen LogP contribution in [0.5, 0.6) is 0 Å². The molecule has 0 bridgehead atoms. The van der Waals surface area contributed by atoms with Crippen LogP contribution < -0.4 is 16.0 Å². The number of nitrogens with one attached hydrogen (secondary N) is 3. The fraction of sp³-hybridized carbons (Fsp3) is 0.320. The molecule has 0 atom stereocenters. The Balaban J connectivity index is 1.13. The number of benzene rings is 2. The second kappa shape index (κ2) is 9.30. The third-order valence-corrected chi connectivity index (χ3v) is 7.38. The van der Waals surface area contributed by atoms with E-state index in [0.717, 1.165) is 64.8 Å². The molecule has 7 heteroatoms. The van der Waals surface area contributed by atoms with Crippen molar-refractivity contribution in [3.63, 3.8) is 0 Å². The van der Waals surface area contributed by atoms with E-state index in [1.165, 1.54) is 0 Å². The van der Waals surface area contributed by atoms with Gasteiger partial charge in [-0.3, -0.25) is 14.6 Å². The zero-order valence-corrected chi connectivity index (χ0v) is 18.6. The first-order valence-corrected chi connectivity index (χ1v) is 12.1. The number of nitrogens with zero attached hydrogens (tertiary/aromatic N) is 1. The zero-order chi connectivity index (χ0) is 21.9. The van der Waals surface area contributed by atoms with Crippen molar-refractivity contribution in [1.29, 1.82) is 0 Å². The smallest absolute Gasteiger partial charge is 0.234 e. The Morgan fingerprint density at radius 1 is 1.12 bits per heavy atom. The molecule has 0 radical (unpaired) electrons. The SMILES string of the molecule is O=C1CSc2ccc(CNC3CCC(C(=O)Nc4cccc5cnccc45)CC3)cc2N1. The van der Waals surface area contributed by atoms with Gasteiger partial charge in [-0.2, -0.15) is 0 Å². The van der Waals surface area contributed by atoms with Crippen molar-refractivity contribution in [2.45, 2.75) is 43.2 Å². The fourth-order valence-electron chi connectivity index (χ4n) is 4.53. The van der Waals surface area contributed by atoms with Crippen molar-refractivity contribution in [3.05, 3.63) is 60.4 Å². The van der Waals surface area contributed by atoms with Crippen LogP contribution in [0.1, 0.15) is 31.2 Å². The van der Waals surface area contributed by atoms with Crippen LogP contribution in [0.2, 0.25) is 0 Å². The van der Waals surface area contributed by atoms with Gasteiger partial charge in [0.05, 0.1) is 11.4 Å². The minimum atomic E-state index is 0.0427. The molecular weight excluding hydrogens is 420 g/mol. The molecular formula is C25H26N4O2S. The van der Waals surface area contributed by atoms with E-state index in [4.69, 9.17) is 0 Å². The Bertz CT molecular complexity index is 1150. The van der Waals surface area contributed by atoms with Crippen LogP contribution in [0.25, 0.3) is 10.8 Å². The van der Waals surface area contributed by atoms with Gasteiger partial charge in [-0.15, -0.1) is 11.8 Å². The Morgan fingerprint density at radius 2 is 2.00 bits per heavy atom. The molecule has 1 saturated carbocycles. The van der Waals surface area contributed by atoms with Gasteiger partial charge >= 0.3 is 0 Å². The van der Waals surface area contributed by atoms with E-state index in [1.807, 2.05) is 30.5 Å². The molecule has 0 saturated heterocycles. The number of anilines is 2. The molecule has 2 amide bonds. The van der Waals surface area contributed by atoms with Crippen molar-refractivity contribution in [2.24, 2.45) is 5.92 Å². The number of aromatic nitrogens is 1. The van der Waals surface area contributed by atoms with E-state index in [0.29, 0.717) is 11.8 Å². The van der Waals surface area contributed by atoms with Gasteiger partial charge in [-0.25, -0.2) is 0 Å². The van der Waals surface area contributed by atoms with Crippen LogP contribution >= 0.6 is 11.8 Å². The topological polar surface area (TPSA) is 83.1 Å². The van der Waals surface area contributed by atoms with E-state index in [9.17, 15) is 9.59 Å². The summed E-state index contributed by atoms with van der Waals surface area (Å²) in [6.45, 7) is 0.763. The van der Waals surface area contributed by atoms with Crippen molar-refractivity contribution in [2.75, 3.05) is 16.4 Å². The average Bonchev–Trinajstić information content (AvgIpc) is 2.83. The van der Waals surface area contributed by atoms with Crippen LogP contribution in [0.3, 0.4) is 0 Å². The van der Waals surface area contributed by atoms with Crippen LogP contribution in [-0.4, -0.2) is 28.6 Å². The van der Waals surface area contributed by atoms with E-state index in [2.05, 4.69) is 39.1 Å². The number of amides is 2. The second-order valence-electron chi connectivity index (χ2n) is 8.49. The molecule has 0 spiro atoms. The normalized spacial score (nSPS) is 20.4. The fourth-order valence-corrected chi connectivity index (χ4v) is 5.32. The molecule has 1 aliphatic heterocycles. The average molecular weight is 447 g/mol. The van der Waals surface area contributed by atoms with E-state index < -0.39 is 0 Å². The van der Waals surface area contributed by atoms with Gasteiger partial charge in [0.25, 0.3) is 0 Å². The highest BCUT2D eigenvalue weighted by molar-refractivity contribution is 8.00. The lowest BCUT2D eigenvalue weighted by atomic mass is 9.85. The van der Waals surface area contributed by atoms with Gasteiger partial charge in [0.1, 0.15) is 0 Å². The summed E-state index contributed by atoms with van der Waals surface area (Å²) in [4.78, 5) is 29.8. The lowest BCUT2D eigenvalue weighted by molar-refractivity contribution is -0.121. The molecule has 32 heavy (non-hydrogen) atoms. The molecule has 1 aliphatic carbocycles. The van der Waals surface area contributed by atoms with Gasteiger partial charge in [-0.05, 0) is 55.5 Å². The Labute approximate surface area is 191 Å². The van der Waals surface area contributed by atoms with E-state index in [1.54, 1.807) is 18.0 Å². The van der Waals surface area contributed by atoms with E-state index in [-0.39, 0.29) is 17.7 Å². The summed E-state index contributed by atoms with van der Waals surface area (Å²) in [5, 5.41) is 11.8. The number of fused-ring (bicyclic) bond motifs is 2. The standard InChI is InChI=1S/C25H26N4O2S/c30-24-15-32-23-9-4-16(12-22(23)28-24)13-27-19-7-5-17(6-8-19)25(31)29-21-3-1-2-18-14-26-11-10-20(18)21/h1-4,9-12,14,17,19,27H,5-8,13,15H2,(H,28,30)(H,29,31). The van der Waals surface area contributed by atoms with Crippen molar-refractivity contribution in [1.82, 2.24) is 10.3 Å². The predicted molar refractivity (Wildman–Crippen MR) is 129 cm³/mol. The molecule has 5 rings (SSSR count). The minimum absolute atomic E-state index is 0.0427. The maximum absolute atomic E-state index is 12.9. The summed E-state index contributed by atoms with van der Waals surface area (Å²) in [5.74, 6) is 0.695. The maximum atomic E-state index is 12.9. The van der Waals surface area contributed by atoms with Crippen molar-refractivity contribution >= 4 is 45.7 Å². The Morgan fingerprint density at radius 3 is 2.88 bits per heavy atom. The highest BCUT2D eigenvalue weighted by atomic mass is 32.2. The lowest BCUT2D eigenvalue weighted by Crippen LogP contribution is -2.36. The van der Waals surface area contributed by atoms with Crippen LogP contribution in [-0.2, 0) is 16.1 Å². The molecule has 2 heterocycles. The first-order chi connectivity index (χ1) is 15.7. The number of rotatable bonds is 5. The number of carbonyl (C=O) groups excluding carboxylic acids is 2. The van der Waals surface area contributed by atoms with Gasteiger partial charge in [0.2, 0.25) is 11.8 Å². The minimum Gasteiger partial charge on any atom is -0.325 e. The monoisotopic (exact) mass is 446 g/mol. The van der Waals surface area contributed by atoms with Crippen molar-refractivity contribution in [3.8, 4) is 0 Å². The van der Waals surface area contributed by atoms with Gasteiger partial charge < -0.3 is 16.0 Å². The highest BCUT2D eigenvalue weighted by Crippen LogP contribution is 2.32. The van der Waals surface area contributed by atoms with E-state index >= 15 is 0 Å². The summed E-state index contributed by atoms with van der Waals surface area (Å²) >= 11 is 1.58. The van der Waals surface area contributed by atoms with Gasteiger partial charge in [0.15, 0.2) is 0 Å². The Kier molecular flexibility index (Phi) is 6.10. The summed E-state index contributed by atoms with van der Waals surface area (Å²) in [7, 11) is 0. The molecule has 2 aliphatic rings. The predicted octanol–water partition coefficient (Wildman–Crippen LogP) is 4.57. The zero-order valence-electron chi connectivity index (χ0n) is 17.8. The van der Waals surface area contributed by atoms with Crippen LogP contribution in [0.4, 0.5) is 11.4 Å². The second-order valence-corrected chi connectivity index (χ2v) is 9.51. The molecule has 1 aromatic heterocycles. The molecule has 3 aromatic rings. The lowest BCUT2D eigenvalue weighted by Gasteiger charge is -2.29. The third-order valence-electron chi connectivity index (χ3n) is 6.31. The summed E-state index contributed by atoms with van der Waals surface area (Å²) in [5.41, 5.74) is 2.93. The third kappa shape index (κ3) is 4.64. The number of hydrogen-bond acceptors (Lipinski definition) is 5. The first kappa shape index (κ1) is 21.0. The number of pyridine rings is 1. The highest BCUT2D eigenvalue weighted by Gasteiger charge is 2.26. The molecule has 164 valence electrons. The first-order valence-electron chi connectivity index (χ1n) is 11.1. The van der Waals surface area contributed by atoms with Crippen LogP contribution in [0.15, 0.2) is 59.8 Å². The molecule has 6 nitrogen and oxygen atoms in total. The largest absolute Gasteiger partial charge is 0.325 e. The molecule has 0 unspecified atom stereocenters. The molecule has 1 fully saturated rings. The summed E-state index contributed by atoms with van der Waals surface area (Å²) < 4.78 is 0.